The van der Waals surface area contributed by atoms with Crippen molar-refractivity contribution in [2.45, 2.75) is 39.0 Å². The summed E-state index contributed by atoms with van der Waals surface area (Å²) in [6.07, 6.45) is 2.23. The van der Waals surface area contributed by atoms with Gasteiger partial charge in [0.15, 0.2) is 5.11 Å². The number of anilines is 2. The second kappa shape index (κ2) is 15.3. The van der Waals surface area contributed by atoms with Crippen LogP contribution in [0, 0.1) is 0 Å². The fraction of sp³-hybridized carbons (Fsp3) is 0.267. The number of thiocarbonyl (C=S) groups is 1. The van der Waals surface area contributed by atoms with Crippen LogP contribution in [-0.2, 0) is 20.7 Å². The van der Waals surface area contributed by atoms with Crippen LogP contribution < -0.4 is 15.5 Å². The molecule has 2 N–H and O–H groups in total. The first-order valence-corrected chi connectivity index (χ1v) is 13.1. The number of carbonyl (C=O) groups is 3. The molecule has 0 aliphatic rings. The van der Waals surface area contributed by atoms with Crippen molar-refractivity contribution in [1.82, 2.24) is 5.32 Å². The Morgan fingerprint density at radius 3 is 2.21 bits per heavy atom. The Hall–Kier alpha value is -4.04. The molecule has 0 saturated carbocycles. The Labute approximate surface area is 229 Å². The van der Waals surface area contributed by atoms with Crippen LogP contribution in [0.1, 0.15) is 48.5 Å². The minimum atomic E-state index is -0.321. The molecule has 3 aromatic rings. The molecular formula is C30H33N3O4S. The number of nitrogens with zero attached hydrogens (tertiary/aromatic N) is 1. The third-order valence-electron chi connectivity index (χ3n) is 5.79. The Bertz CT molecular complexity index is 1220. The zero-order valence-corrected chi connectivity index (χ0v) is 22.3. The van der Waals surface area contributed by atoms with Crippen molar-refractivity contribution in [3.63, 3.8) is 0 Å². The van der Waals surface area contributed by atoms with E-state index in [4.69, 9.17) is 17.0 Å². The van der Waals surface area contributed by atoms with E-state index in [0.717, 1.165) is 18.5 Å². The molecule has 0 aliphatic heterocycles. The van der Waals surface area contributed by atoms with Gasteiger partial charge in [0.1, 0.15) is 0 Å². The first kappa shape index (κ1) is 28.5. The van der Waals surface area contributed by atoms with Crippen molar-refractivity contribution in [2.24, 2.45) is 0 Å². The van der Waals surface area contributed by atoms with Crippen LogP contribution in [-0.4, -0.2) is 36.0 Å². The smallest absolute Gasteiger partial charge is 0.305 e. The maximum atomic E-state index is 13.3. The Morgan fingerprint density at radius 2 is 1.50 bits per heavy atom. The van der Waals surface area contributed by atoms with Gasteiger partial charge < -0.3 is 20.3 Å². The van der Waals surface area contributed by atoms with Gasteiger partial charge >= 0.3 is 5.97 Å². The van der Waals surface area contributed by atoms with Crippen molar-refractivity contribution >= 4 is 46.5 Å². The van der Waals surface area contributed by atoms with Gasteiger partial charge in [0.05, 0.1) is 17.9 Å². The number of hydrogen-bond acceptors (Lipinski definition) is 5. The largest absolute Gasteiger partial charge is 0.466 e. The molecule has 7 nitrogen and oxygen atoms in total. The minimum absolute atomic E-state index is 0.0847. The second-order valence-corrected chi connectivity index (χ2v) is 9.00. The lowest BCUT2D eigenvalue weighted by molar-refractivity contribution is -0.143. The van der Waals surface area contributed by atoms with E-state index in [-0.39, 0.29) is 35.7 Å². The molecule has 198 valence electrons. The zero-order chi connectivity index (χ0) is 27.2. The van der Waals surface area contributed by atoms with Crippen LogP contribution in [0.15, 0.2) is 84.9 Å². The standard InChI is InChI=1S/C30H33N3O4S/c1-2-33(24-16-7-4-8-17-24)29(36)25-18-9-10-19-26(25)31-30(38)32-27(34)20-11-21-28(35)37-22-12-15-23-13-5-3-6-14-23/h3-10,13-14,16-19H,2,11-12,15,20-22H2,1H3,(H2,31,32,34,38). The summed E-state index contributed by atoms with van der Waals surface area (Å²) in [6.45, 7) is 2.76. The molecule has 0 aliphatic carbocycles. The molecule has 0 heterocycles. The van der Waals surface area contributed by atoms with E-state index in [1.165, 1.54) is 5.56 Å². The van der Waals surface area contributed by atoms with E-state index in [9.17, 15) is 14.4 Å². The van der Waals surface area contributed by atoms with Crippen molar-refractivity contribution < 1.29 is 19.1 Å². The van der Waals surface area contributed by atoms with Crippen LogP contribution in [0.25, 0.3) is 0 Å². The molecule has 38 heavy (non-hydrogen) atoms. The Kier molecular flexibility index (Phi) is 11.5. The van der Waals surface area contributed by atoms with Gasteiger partial charge in [0.25, 0.3) is 5.91 Å². The number of benzene rings is 3. The molecule has 3 aromatic carbocycles. The third kappa shape index (κ3) is 9.12. The molecule has 0 unspecified atom stereocenters. The highest BCUT2D eigenvalue weighted by atomic mass is 32.1. The maximum Gasteiger partial charge on any atom is 0.305 e. The number of para-hydroxylation sites is 2. The number of nitrogens with one attached hydrogen (secondary N) is 2. The van der Waals surface area contributed by atoms with Crippen LogP contribution in [0.4, 0.5) is 11.4 Å². The highest BCUT2D eigenvalue weighted by molar-refractivity contribution is 7.80. The molecular weight excluding hydrogens is 498 g/mol. The molecule has 0 atom stereocenters. The van der Waals surface area contributed by atoms with Gasteiger partial charge in [-0.05, 0) is 68.2 Å². The summed E-state index contributed by atoms with van der Waals surface area (Å²) >= 11 is 5.30. The molecule has 8 heteroatoms. The third-order valence-corrected chi connectivity index (χ3v) is 5.99. The van der Waals surface area contributed by atoms with Gasteiger partial charge in [0, 0.05) is 25.1 Å². The lowest BCUT2D eigenvalue weighted by Gasteiger charge is -2.22. The van der Waals surface area contributed by atoms with Gasteiger partial charge in [-0.25, -0.2) is 0 Å². The molecule has 0 saturated heterocycles. The van der Waals surface area contributed by atoms with Crippen LogP contribution in [0.3, 0.4) is 0 Å². The minimum Gasteiger partial charge on any atom is -0.466 e. The summed E-state index contributed by atoms with van der Waals surface area (Å²) in [5.74, 6) is -0.821. The molecule has 0 aromatic heterocycles. The van der Waals surface area contributed by atoms with Crippen molar-refractivity contribution in [3.05, 3.63) is 96.1 Å². The average molecular weight is 532 g/mol. The molecule has 3 rings (SSSR count). The number of rotatable bonds is 12. The van der Waals surface area contributed by atoms with E-state index in [1.54, 1.807) is 29.2 Å². The second-order valence-electron chi connectivity index (χ2n) is 8.60. The summed E-state index contributed by atoms with van der Waals surface area (Å²) in [5, 5.41) is 5.66. The normalized spacial score (nSPS) is 10.3. The van der Waals surface area contributed by atoms with Gasteiger partial charge in [0.2, 0.25) is 5.91 Å². The number of ether oxygens (including phenoxy) is 1. The first-order chi connectivity index (χ1) is 18.5. The Balaban J connectivity index is 1.41. The molecule has 2 amide bonds. The first-order valence-electron chi connectivity index (χ1n) is 12.7. The van der Waals surface area contributed by atoms with Crippen molar-refractivity contribution in [1.29, 1.82) is 0 Å². The molecule has 0 radical (unpaired) electrons. The summed E-state index contributed by atoms with van der Waals surface area (Å²) in [7, 11) is 0. The quantitative estimate of drug-likeness (QED) is 0.182. The molecule has 0 bridgehead atoms. The highest BCUT2D eigenvalue weighted by Crippen LogP contribution is 2.22. The summed E-state index contributed by atoms with van der Waals surface area (Å²) in [5.41, 5.74) is 2.93. The SMILES string of the molecule is CCN(C(=O)c1ccccc1NC(=S)NC(=O)CCCC(=O)OCCCc1ccccc1)c1ccccc1. The lowest BCUT2D eigenvalue weighted by Crippen LogP contribution is -2.35. The highest BCUT2D eigenvalue weighted by Gasteiger charge is 2.19. The number of carbonyl (C=O) groups excluding carboxylic acids is 3. The zero-order valence-electron chi connectivity index (χ0n) is 21.5. The van der Waals surface area contributed by atoms with E-state index in [2.05, 4.69) is 10.6 Å². The number of esters is 1. The summed E-state index contributed by atoms with van der Waals surface area (Å²) < 4.78 is 5.26. The van der Waals surface area contributed by atoms with Crippen LogP contribution in [0.5, 0.6) is 0 Å². The van der Waals surface area contributed by atoms with Gasteiger partial charge in [-0.3, -0.25) is 14.4 Å². The molecule has 0 spiro atoms. The van der Waals surface area contributed by atoms with Gasteiger partial charge in [-0.15, -0.1) is 0 Å². The van der Waals surface area contributed by atoms with E-state index < -0.39 is 0 Å². The van der Waals surface area contributed by atoms with Crippen molar-refractivity contribution in [2.75, 3.05) is 23.4 Å². The molecule has 0 fully saturated rings. The summed E-state index contributed by atoms with van der Waals surface area (Å²) in [6, 6.07) is 26.4. The fourth-order valence-electron chi connectivity index (χ4n) is 3.89. The Morgan fingerprint density at radius 1 is 0.842 bits per heavy atom. The van der Waals surface area contributed by atoms with E-state index in [1.807, 2.05) is 67.6 Å². The maximum absolute atomic E-state index is 13.3. The topological polar surface area (TPSA) is 87.7 Å². The van der Waals surface area contributed by atoms with Gasteiger partial charge in [-0.1, -0.05) is 60.7 Å². The van der Waals surface area contributed by atoms with E-state index >= 15 is 0 Å². The number of amides is 2. The number of aryl methyl sites for hydroxylation is 1. The number of hydrogen-bond donors (Lipinski definition) is 2. The van der Waals surface area contributed by atoms with Gasteiger partial charge in [-0.2, -0.15) is 0 Å². The summed E-state index contributed by atoms with van der Waals surface area (Å²) in [4.78, 5) is 39.2. The average Bonchev–Trinajstić information content (AvgIpc) is 2.93. The predicted molar refractivity (Wildman–Crippen MR) is 154 cm³/mol. The van der Waals surface area contributed by atoms with Crippen LogP contribution >= 0.6 is 12.2 Å². The predicted octanol–water partition coefficient (Wildman–Crippen LogP) is 5.51. The van der Waals surface area contributed by atoms with Crippen LogP contribution in [0.2, 0.25) is 0 Å². The van der Waals surface area contributed by atoms with E-state index in [0.29, 0.717) is 30.8 Å². The monoisotopic (exact) mass is 531 g/mol. The lowest BCUT2D eigenvalue weighted by atomic mass is 10.1. The fourth-order valence-corrected chi connectivity index (χ4v) is 4.11. The van der Waals surface area contributed by atoms with Crippen molar-refractivity contribution in [3.8, 4) is 0 Å².